The maximum Gasteiger partial charge on any atom is 0.276 e. The molecule has 0 saturated heterocycles. The van der Waals surface area contributed by atoms with Gasteiger partial charge in [-0.05, 0) is 18.2 Å². The van der Waals surface area contributed by atoms with Gasteiger partial charge in [-0.25, -0.2) is 0 Å². The van der Waals surface area contributed by atoms with Gasteiger partial charge >= 0.3 is 0 Å². The van der Waals surface area contributed by atoms with Crippen molar-refractivity contribution in [2.45, 2.75) is 13.0 Å². The second-order valence-electron chi connectivity index (χ2n) is 5.18. The molecule has 9 heteroatoms. The zero-order valence-corrected chi connectivity index (χ0v) is 14.5. The van der Waals surface area contributed by atoms with Crippen LogP contribution in [0.25, 0.3) is 0 Å². The van der Waals surface area contributed by atoms with Gasteiger partial charge in [-0.1, -0.05) is 11.6 Å². The monoisotopic (exact) mass is 369 g/mol. The molecule has 1 aliphatic rings. The molecule has 0 saturated carbocycles. The molecule has 0 atom stereocenters. The fourth-order valence-corrected chi connectivity index (χ4v) is 2.71. The molecule has 0 aliphatic carbocycles. The van der Waals surface area contributed by atoms with Gasteiger partial charge in [0.2, 0.25) is 0 Å². The number of hydrogen-bond donors (Lipinski definition) is 4. The molecule has 1 aromatic heterocycles. The van der Waals surface area contributed by atoms with Crippen LogP contribution in [0, 0.1) is 0 Å². The Morgan fingerprint density at radius 3 is 2.83 bits per heavy atom. The number of nitrogens with zero attached hydrogens (tertiary/aromatic N) is 1. The summed E-state index contributed by atoms with van der Waals surface area (Å²) in [5.74, 6) is -0.688. The highest BCUT2D eigenvalue weighted by molar-refractivity contribution is 6.31. The van der Waals surface area contributed by atoms with Gasteiger partial charge in [0, 0.05) is 42.8 Å². The van der Waals surface area contributed by atoms with Crippen molar-refractivity contribution in [3.8, 4) is 0 Å². The molecular formula is C15H17Cl2N5O2. The Morgan fingerprint density at radius 1 is 1.29 bits per heavy atom. The minimum absolute atomic E-state index is 0. The van der Waals surface area contributed by atoms with Crippen LogP contribution in [0.4, 0.5) is 5.69 Å². The largest absolute Gasteiger partial charge is 0.355 e. The summed E-state index contributed by atoms with van der Waals surface area (Å²) in [6.07, 6.45) is 0.806. The summed E-state index contributed by atoms with van der Waals surface area (Å²) < 4.78 is 0. The minimum Gasteiger partial charge on any atom is -0.355 e. The summed E-state index contributed by atoms with van der Waals surface area (Å²) >= 11 is 5.93. The van der Waals surface area contributed by atoms with Crippen molar-refractivity contribution >= 4 is 41.5 Å². The van der Waals surface area contributed by atoms with Crippen LogP contribution in [-0.2, 0) is 13.0 Å². The van der Waals surface area contributed by atoms with Gasteiger partial charge in [-0.3, -0.25) is 14.7 Å². The maximum atomic E-state index is 12.5. The lowest BCUT2D eigenvalue weighted by Crippen LogP contribution is -2.26. The van der Waals surface area contributed by atoms with Gasteiger partial charge in [-0.2, -0.15) is 5.10 Å². The third-order valence-electron chi connectivity index (χ3n) is 3.72. The lowest BCUT2D eigenvalue weighted by atomic mass is 10.1. The number of halogens is 2. The first-order valence-electron chi connectivity index (χ1n) is 7.20. The van der Waals surface area contributed by atoms with E-state index in [4.69, 9.17) is 11.6 Å². The Hall–Kier alpha value is -2.09. The van der Waals surface area contributed by atoms with E-state index in [1.807, 2.05) is 0 Å². The quantitative estimate of drug-likeness (QED) is 0.662. The number of nitrogens with one attached hydrogen (secondary N) is 4. The fraction of sp³-hybridized carbons (Fsp3) is 0.267. The standard InChI is InChI=1S/C15H16ClN5O2.ClH/c1-17-14(22)9-6-8(16)2-3-11(9)19-15(23)13-10-7-18-5-4-12(10)20-21-13;/h2-3,6,18H,4-5,7H2,1H3,(H,17,22)(H,19,23)(H,20,21);1H. The maximum absolute atomic E-state index is 12.5. The van der Waals surface area contributed by atoms with E-state index in [1.54, 1.807) is 12.1 Å². The van der Waals surface area contributed by atoms with E-state index in [9.17, 15) is 9.59 Å². The van der Waals surface area contributed by atoms with Crippen LogP contribution in [0.2, 0.25) is 5.02 Å². The van der Waals surface area contributed by atoms with Crippen LogP contribution in [-0.4, -0.2) is 35.6 Å². The molecule has 128 valence electrons. The molecule has 0 spiro atoms. The van der Waals surface area contributed by atoms with E-state index in [0.717, 1.165) is 24.2 Å². The molecule has 7 nitrogen and oxygen atoms in total. The zero-order valence-electron chi connectivity index (χ0n) is 12.9. The van der Waals surface area contributed by atoms with Gasteiger partial charge in [0.1, 0.15) is 0 Å². The molecule has 0 unspecified atom stereocenters. The van der Waals surface area contributed by atoms with Gasteiger partial charge in [0.05, 0.1) is 11.3 Å². The van der Waals surface area contributed by atoms with E-state index in [-0.39, 0.29) is 24.2 Å². The van der Waals surface area contributed by atoms with Crippen LogP contribution in [0.1, 0.15) is 32.1 Å². The highest BCUT2D eigenvalue weighted by Crippen LogP contribution is 2.22. The summed E-state index contributed by atoms with van der Waals surface area (Å²) in [4.78, 5) is 24.4. The molecule has 1 aliphatic heterocycles. The average molecular weight is 370 g/mol. The molecule has 2 aromatic rings. The van der Waals surface area contributed by atoms with Gasteiger partial charge in [0.25, 0.3) is 11.8 Å². The number of carbonyl (C=O) groups is 2. The molecular weight excluding hydrogens is 353 g/mol. The number of rotatable bonds is 3. The van der Waals surface area contributed by atoms with Crippen LogP contribution < -0.4 is 16.0 Å². The Morgan fingerprint density at radius 2 is 2.08 bits per heavy atom. The molecule has 3 rings (SSSR count). The molecule has 0 radical (unpaired) electrons. The van der Waals surface area contributed by atoms with Gasteiger partial charge in [-0.15, -0.1) is 12.4 Å². The third kappa shape index (κ3) is 3.53. The first-order chi connectivity index (χ1) is 11.1. The van der Waals surface area contributed by atoms with Crippen LogP contribution >= 0.6 is 24.0 Å². The predicted molar refractivity (Wildman–Crippen MR) is 94.0 cm³/mol. The SMILES string of the molecule is CNC(=O)c1cc(Cl)ccc1NC(=O)c1n[nH]c2c1CNCC2.Cl. The number of carbonyl (C=O) groups excluding carboxylic acids is 2. The Balaban J connectivity index is 0.00000208. The Labute approximate surface area is 149 Å². The minimum atomic E-state index is -0.362. The molecule has 1 aromatic carbocycles. The smallest absolute Gasteiger partial charge is 0.276 e. The summed E-state index contributed by atoms with van der Waals surface area (Å²) in [6.45, 7) is 1.45. The van der Waals surface area contributed by atoms with Crippen LogP contribution in [0.5, 0.6) is 0 Å². The number of H-pyrrole nitrogens is 1. The normalized spacial score (nSPS) is 12.8. The third-order valence-corrected chi connectivity index (χ3v) is 3.96. The Bertz CT molecular complexity index is 775. The number of aromatic amines is 1. The summed E-state index contributed by atoms with van der Waals surface area (Å²) in [6, 6.07) is 4.73. The molecule has 0 bridgehead atoms. The number of hydrogen-bond acceptors (Lipinski definition) is 4. The highest BCUT2D eigenvalue weighted by Gasteiger charge is 2.22. The fourth-order valence-electron chi connectivity index (χ4n) is 2.54. The van der Waals surface area contributed by atoms with E-state index in [2.05, 4.69) is 26.1 Å². The molecule has 2 amide bonds. The van der Waals surface area contributed by atoms with Crippen molar-refractivity contribution in [1.29, 1.82) is 0 Å². The second-order valence-corrected chi connectivity index (χ2v) is 5.62. The van der Waals surface area contributed by atoms with Gasteiger partial charge in [0.15, 0.2) is 5.69 Å². The van der Waals surface area contributed by atoms with E-state index >= 15 is 0 Å². The highest BCUT2D eigenvalue weighted by atomic mass is 35.5. The number of fused-ring (bicyclic) bond motifs is 1. The predicted octanol–water partition coefficient (Wildman–Crippen LogP) is 1.74. The first-order valence-corrected chi connectivity index (χ1v) is 7.57. The van der Waals surface area contributed by atoms with E-state index in [0.29, 0.717) is 28.5 Å². The lowest BCUT2D eigenvalue weighted by molar-refractivity contribution is 0.0964. The van der Waals surface area contributed by atoms with E-state index in [1.165, 1.54) is 13.1 Å². The zero-order chi connectivity index (χ0) is 16.4. The molecule has 2 heterocycles. The Kier molecular flexibility index (Phi) is 5.82. The summed E-state index contributed by atoms with van der Waals surface area (Å²) in [7, 11) is 1.52. The number of amides is 2. The van der Waals surface area contributed by atoms with Crippen molar-refractivity contribution in [1.82, 2.24) is 20.8 Å². The number of aromatic nitrogens is 2. The molecule has 4 N–H and O–H groups in total. The average Bonchev–Trinajstić information content (AvgIpc) is 3.00. The van der Waals surface area contributed by atoms with Crippen molar-refractivity contribution in [2.75, 3.05) is 18.9 Å². The van der Waals surface area contributed by atoms with Crippen LogP contribution in [0.3, 0.4) is 0 Å². The number of benzene rings is 1. The number of anilines is 1. The van der Waals surface area contributed by atoms with Crippen molar-refractivity contribution in [3.05, 3.63) is 45.7 Å². The molecule has 24 heavy (non-hydrogen) atoms. The van der Waals surface area contributed by atoms with Crippen molar-refractivity contribution in [2.24, 2.45) is 0 Å². The molecule has 0 fully saturated rings. The lowest BCUT2D eigenvalue weighted by Gasteiger charge is -2.14. The van der Waals surface area contributed by atoms with E-state index < -0.39 is 0 Å². The summed E-state index contributed by atoms with van der Waals surface area (Å²) in [5, 5.41) is 15.9. The summed E-state index contributed by atoms with van der Waals surface area (Å²) in [5.41, 5.74) is 2.86. The second kappa shape index (κ2) is 7.65. The van der Waals surface area contributed by atoms with Crippen molar-refractivity contribution in [3.63, 3.8) is 0 Å². The first kappa shape index (κ1) is 18.3. The van der Waals surface area contributed by atoms with Crippen LogP contribution in [0.15, 0.2) is 18.2 Å². The van der Waals surface area contributed by atoms with Gasteiger partial charge < -0.3 is 16.0 Å². The van der Waals surface area contributed by atoms with Crippen molar-refractivity contribution < 1.29 is 9.59 Å². The topological polar surface area (TPSA) is 98.9 Å².